The highest BCUT2D eigenvalue weighted by molar-refractivity contribution is 8.00. The normalized spacial score (nSPS) is 12.4. The fourth-order valence-corrected chi connectivity index (χ4v) is 1.78. The Balaban J connectivity index is 2.77. The Morgan fingerprint density at radius 1 is 1.56 bits per heavy atom. The molecule has 5 nitrogen and oxygen atoms in total. The Morgan fingerprint density at radius 3 is 2.94 bits per heavy atom. The zero-order valence-electron chi connectivity index (χ0n) is 9.51. The topological polar surface area (TPSA) is 81.3 Å². The SMILES string of the molecule is CCCOc1ncnc(SC(C)CO)c1N. The predicted molar refractivity (Wildman–Crippen MR) is 64.6 cm³/mol. The molecule has 0 aliphatic carbocycles. The first kappa shape index (κ1) is 13.1. The molecule has 1 rings (SSSR count). The monoisotopic (exact) mass is 243 g/mol. The summed E-state index contributed by atoms with van der Waals surface area (Å²) in [4.78, 5) is 8.05. The molecule has 3 N–H and O–H groups in total. The number of hydrogen-bond acceptors (Lipinski definition) is 6. The van der Waals surface area contributed by atoms with Crippen LogP contribution < -0.4 is 10.5 Å². The average molecular weight is 243 g/mol. The molecule has 0 bridgehead atoms. The van der Waals surface area contributed by atoms with Gasteiger partial charge in [0.05, 0.1) is 13.2 Å². The minimum atomic E-state index is 0.0521. The maximum atomic E-state index is 8.96. The quantitative estimate of drug-likeness (QED) is 0.579. The molecule has 1 heterocycles. The van der Waals surface area contributed by atoms with Gasteiger partial charge in [-0.1, -0.05) is 25.6 Å². The van der Waals surface area contributed by atoms with E-state index in [1.165, 1.54) is 18.1 Å². The lowest BCUT2D eigenvalue weighted by Gasteiger charge is -2.11. The van der Waals surface area contributed by atoms with Crippen LogP contribution in [0.2, 0.25) is 0 Å². The van der Waals surface area contributed by atoms with E-state index < -0.39 is 0 Å². The summed E-state index contributed by atoms with van der Waals surface area (Å²) in [6, 6.07) is 0. The lowest BCUT2D eigenvalue weighted by atomic mass is 10.5. The third-order valence-electron chi connectivity index (χ3n) is 1.82. The molecule has 0 aliphatic heterocycles. The zero-order valence-corrected chi connectivity index (χ0v) is 10.3. The molecule has 0 amide bonds. The van der Waals surface area contributed by atoms with Crippen LogP contribution in [0.4, 0.5) is 5.69 Å². The van der Waals surface area contributed by atoms with E-state index in [-0.39, 0.29) is 11.9 Å². The van der Waals surface area contributed by atoms with Crippen molar-refractivity contribution in [1.29, 1.82) is 0 Å². The van der Waals surface area contributed by atoms with Crippen LogP contribution in [0.25, 0.3) is 0 Å². The number of ether oxygens (including phenoxy) is 1. The van der Waals surface area contributed by atoms with Gasteiger partial charge in [0.15, 0.2) is 0 Å². The maximum Gasteiger partial charge on any atom is 0.241 e. The minimum Gasteiger partial charge on any atom is -0.476 e. The fraction of sp³-hybridized carbons (Fsp3) is 0.600. The first-order chi connectivity index (χ1) is 7.69. The fourth-order valence-electron chi connectivity index (χ4n) is 1.000. The van der Waals surface area contributed by atoms with Crippen molar-refractivity contribution in [3.63, 3.8) is 0 Å². The number of thioether (sulfide) groups is 1. The molecule has 1 unspecified atom stereocenters. The van der Waals surface area contributed by atoms with Crippen LogP contribution >= 0.6 is 11.8 Å². The number of rotatable bonds is 6. The highest BCUT2D eigenvalue weighted by Crippen LogP contribution is 2.31. The van der Waals surface area contributed by atoms with Crippen LogP contribution in [0.5, 0.6) is 5.88 Å². The summed E-state index contributed by atoms with van der Waals surface area (Å²) in [5, 5.41) is 9.67. The molecule has 1 aromatic rings. The van der Waals surface area contributed by atoms with Crippen molar-refractivity contribution in [2.45, 2.75) is 30.5 Å². The van der Waals surface area contributed by atoms with E-state index in [1.807, 2.05) is 13.8 Å². The number of aliphatic hydroxyl groups is 1. The number of aliphatic hydroxyl groups excluding tert-OH is 1. The number of aromatic nitrogens is 2. The largest absolute Gasteiger partial charge is 0.476 e. The molecule has 0 fully saturated rings. The molecule has 0 saturated heterocycles. The van der Waals surface area contributed by atoms with Gasteiger partial charge in [-0.15, -0.1) is 0 Å². The van der Waals surface area contributed by atoms with Crippen molar-refractivity contribution in [2.24, 2.45) is 0 Å². The molecule has 0 aliphatic rings. The van der Waals surface area contributed by atoms with Gasteiger partial charge in [-0.2, -0.15) is 4.98 Å². The summed E-state index contributed by atoms with van der Waals surface area (Å²) in [6.07, 6.45) is 2.33. The van der Waals surface area contributed by atoms with E-state index in [9.17, 15) is 0 Å². The van der Waals surface area contributed by atoms with Crippen LogP contribution in [0.1, 0.15) is 20.3 Å². The second-order valence-electron chi connectivity index (χ2n) is 3.36. The van der Waals surface area contributed by atoms with E-state index in [0.717, 1.165) is 6.42 Å². The second-order valence-corrected chi connectivity index (χ2v) is 4.78. The van der Waals surface area contributed by atoms with Gasteiger partial charge in [-0.25, -0.2) is 4.98 Å². The highest BCUT2D eigenvalue weighted by Gasteiger charge is 2.12. The number of nitrogen functional groups attached to an aromatic ring is 1. The Bertz CT molecular complexity index is 336. The smallest absolute Gasteiger partial charge is 0.241 e. The van der Waals surface area contributed by atoms with Crippen LogP contribution in [0.3, 0.4) is 0 Å². The van der Waals surface area contributed by atoms with E-state index >= 15 is 0 Å². The standard InChI is InChI=1S/C10H17N3O2S/c1-3-4-15-9-8(11)10(13-6-12-9)16-7(2)5-14/h6-7,14H,3-5,11H2,1-2H3. The van der Waals surface area contributed by atoms with Gasteiger partial charge < -0.3 is 15.6 Å². The van der Waals surface area contributed by atoms with Crippen molar-refractivity contribution in [2.75, 3.05) is 18.9 Å². The summed E-state index contributed by atoms with van der Waals surface area (Å²) >= 11 is 1.41. The van der Waals surface area contributed by atoms with E-state index in [0.29, 0.717) is 23.2 Å². The Kier molecular flexibility index (Phi) is 5.34. The summed E-state index contributed by atoms with van der Waals surface area (Å²) < 4.78 is 5.39. The third kappa shape index (κ3) is 3.53. The number of nitrogens with zero attached hydrogens (tertiary/aromatic N) is 2. The number of nitrogens with two attached hydrogens (primary N) is 1. The molecule has 16 heavy (non-hydrogen) atoms. The predicted octanol–water partition coefficient (Wildman–Crippen LogP) is 1.32. The van der Waals surface area contributed by atoms with Crippen molar-refractivity contribution >= 4 is 17.4 Å². The molecule has 1 aromatic heterocycles. The van der Waals surface area contributed by atoms with Gasteiger partial charge in [-0.3, -0.25) is 0 Å². The zero-order chi connectivity index (χ0) is 12.0. The molecule has 90 valence electrons. The van der Waals surface area contributed by atoms with Crippen molar-refractivity contribution in [3.05, 3.63) is 6.33 Å². The van der Waals surface area contributed by atoms with Crippen LogP contribution in [-0.2, 0) is 0 Å². The number of anilines is 1. The first-order valence-corrected chi connectivity index (χ1v) is 6.07. The van der Waals surface area contributed by atoms with E-state index in [4.69, 9.17) is 15.6 Å². The molecular weight excluding hydrogens is 226 g/mol. The van der Waals surface area contributed by atoms with Gasteiger partial charge >= 0.3 is 0 Å². The van der Waals surface area contributed by atoms with Crippen molar-refractivity contribution < 1.29 is 9.84 Å². The first-order valence-electron chi connectivity index (χ1n) is 5.19. The number of hydrogen-bond donors (Lipinski definition) is 2. The highest BCUT2D eigenvalue weighted by atomic mass is 32.2. The molecule has 0 radical (unpaired) electrons. The van der Waals surface area contributed by atoms with Gasteiger partial charge in [-0.05, 0) is 6.42 Å². The molecule has 1 atom stereocenters. The van der Waals surface area contributed by atoms with Crippen LogP contribution in [0, 0.1) is 0 Å². The van der Waals surface area contributed by atoms with Gasteiger partial charge in [0.1, 0.15) is 17.0 Å². The lowest BCUT2D eigenvalue weighted by molar-refractivity contribution is 0.299. The Labute approximate surface area is 99.4 Å². The summed E-state index contributed by atoms with van der Waals surface area (Å²) in [5.74, 6) is 0.421. The van der Waals surface area contributed by atoms with Gasteiger partial charge in [0.2, 0.25) is 5.88 Å². The molecular formula is C10H17N3O2S. The van der Waals surface area contributed by atoms with E-state index in [1.54, 1.807) is 0 Å². The van der Waals surface area contributed by atoms with E-state index in [2.05, 4.69) is 9.97 Å². The molecule has 0 saturated carbocycles. The summed E-state index contributed by atoms with van der Waals surface area (Å²) in [6.45, 7) is 4.58. The summed E-state index contributed by atoms with van der Waals surface area (Å²) in [7, 11) is 0. The van der Waals surface area contributed by atoms with Crippen molar-refractivity contribution in [1.82, 2.24) is 9.97 Å². The van der Waals surface area contributed by atoms with Crippen molar-refractivity contribution in [3.8, 4) is 5.88 Å². The summed E-state index contributed by atoms with van der Waals surface area (Å²) in [5.41, 5.74) is 6.32. The van der Waals surface area contributed by atoms with Gasteiger partial charge in [0, 0.05) is 5.25 Å². The average Bonchev–Trinajstić information content (AvgIpc) is 2.30. The minimum absolute atomic E-state index is 0.0521. The Morgan fingerprint density at radius 2 is 2.31 bits per heavy atom. The second kappa shape index (κ2) is 6.55. The Hall–Kier alpha value is -1.01. The molecule has 0 spiro atoms. The third-order valence-corrected chi connectivity index (χ3v) is 2.92. The lowest BCUT2D eigenvalue weighted by Crippen LogP contribution is -2.07. The molecule has 6 heteroatoms. The van der Waals surface area contributed by atoms with Gasteiger partial charge in [0.25, 0.3) is 0 Å². The van der Waals surface area contributed by atoms with Crippen LogP contribution in [-0.4, -0.2) is 33.5 Å². The molecule has 0 aromatic carbocycles. The maximum absolute atomic E-state index is 8.96. The van der Waals surface area contributed by atoms with Crippen LogP contribution in [0.15, 0.2) is 11.4 Å².